The summed E-state index contributed by atoms with van der Waals surface area (Å²) < 4.78 is 22.3. The predicted octanol–water partition coefficient (Wildman–Crippen LogP) is 4.38. The molecule has 196 valence electrons. The first kappa shape index (κ1) is 26.1. The number of ketones is 1. The molecule has 0 fully saturated rings. The number of ether oxygens (including phenoxy) is 3. The highest BCUT2D eigenvalue weighted by Gasteiger charge is 2.45. The van der Waals surface area contributed by atoms with Crippen molar-refractivity contribution < 1.29 is 33.3 Å². The molecule has 4 rings (SSSR count). The Hall–Kier alpha value is -3.98. The Balaban J connectivity index is 1.84. The number of rotatable bonds is 11. The van der Waals surface area contributed by atoms with Crippen molar-refractivity contribution in [2.24, 2.45) is 0 Å². The standard InChI is InChI=1S/C28H32N2O7/c1-6-29(7-2)12-13-30-24(18-15-21(34-3)27(36-5)22(16-18)35-4)23(26(32)28(30)33)25(31)20-14-17-10-8-9-11-19(17)37-20/h8-11,14-16,24,32H,6-7,12-13H2,1-5H3/t24-/m1/s1. The van der Waals surface area contributed by atoms with Crippen molar-refractivity contribution in [3.63, 3.8) is 0 Å². The third-order valence-corrected chi connectivity index (χ3v) is 6.75. The molecule has 1 aliphatic heterocycles. The maximum atomic E-state index is 13.8. The maximum Gasteiger partial charge on any atom is 0.290 e. The van der Waals surface area contributed by atoms with Crippen molar-refractivity contribution in [3.8, 4) is 17.2 Å². The number of aliphatic hydroxyl groups is 1. The van der Waals surface area contributed by atoms with Crippen LogP contribution in [-0.2, 0) is 4.79 Å². The fourth-order valence-electron chi connectivity index (χ4n) is 4.74. The Morgan fingerprint density at radius 2 is 1.68 bits per heavy atom. The number of benzene rings is 2. The molecule has 0 bridgehead atoms. The van der Waals surface area contributed by atoms with Crippen molar-refractivity contribution in [1.82, 2.24) is 9.80 Å². The van der Waals surface area contributed by atoms with Gasteiger partial charge >= 0.3 is 0 Å². The van der Waals surface area contributed by atoms with Crippen LogP contribution in [0.4, 0.5) is 0 Å². The molecule has 0 saturated carbocycles. The number of methoxy groups -OCH3 is 3. The van der Waals surface area contributed by atoms with E-state index in [1.54, 1.807) is 24.3 Å². The number of likely N-dealkylation sites (N-methyl/N-ethyl adjacent to an activating group) is 1. The van der Waals surface area contributed by atoms with Gasteiger partial charge in [0, 0.05) is 18.5 Å². The molecule has 0 unspecified atom stereocenters. The number of carbonyl (C=O) groups excluding carboxylic acids is 2. The van der Waals surface area contributed by atoms with E-state index in [2.05, 4.69) is 4.90 Å². The Morgan fingerprint density at radius 1 is 1.03 bits per heavy atom. The summed E-state index contributed by atoms with van der Waals surface area (Å²) in [7, 11) is 4.48. The third-order valence-electron chi connectivity index (χ3n) is 6.75. The van der Waals surface area contributed by atoms with E-state index in [4.69, 9.17) is 18.6 Å². The number of carbonyl (C=O) groups is 2. The lowest BCUT2D eigenvalue weighted by molar-refractivity contribution is -0.129. The summed E-state index contributed by atoms with van der Waals surface area (Å²) in [5.74, 6) is -0.616. The second-order valence-corrected chi connectivity index (χ2v) is 8.63. The van der Waals surface area contributed by atoms with Crippen LogP contribution in [0.25, 0.3) is 11.0 Å². The van der Waals surface area contributed by atoms with Gasteiger partial charge in [0.25, 0.3) is 5.91 Å². The molecular weight excluding hydrogens is 476 g/mol. The predicted molar refractivity (Wildman–Crippen MR) is 139 cm³/mol. The van der Waals surface area contributed by atoms with E-state index in [-0.39, 0.29) is 11.3 Å². The van der Waals surface area contributed by atoms with Crippen molar-refractivity contribution >= 4 is 22.7 Å². The number of amides is 1. The third kappa shape index (κ3) is 4.74. The second kappa shape index (κ2) is 11.0. The number of aliphatic hydroxyl groups excluding tert-OH is 1. The molecule has 1 aliphatic rings. The minimum Gasteiger partial charge on any atom is -0.503 e. The van der Waals surface area contributed by atoms with Crippen LogP contribution < -0.4 is 14.2 Å². The van der Waals surface area contributed by atoms with Crippen molar-refractivity contribution in [3.05, 3.63) is 65.1 Å². The van der Waals surface area contributed by atoms with Crippen LogP contribution in [0.1, 0.15) is 36.0 Å². The Morgan fingerprint density at radius 3 is 2.24 bits per heavy atom. The fraction of sp³-hybridized carbons (Fsp3) is 0.357. The number of hydrogen-bond donors (Lipinski definition) is 1. The topological polar surface area (TPSA) is 102 Å². The Kier molecular flexibility index (Phi) is 7.73. The molecule has 1 aromatic heterocycles. The average molecular weight is 509 g/mol. The van der Waals surface area contributed by atoms with E-state index in [1.807, 2.05) is 32.0 Å². The van der Waals surface area contributed by atoms with Crippen LogP contribution in [0.15, 0.2) is 58.2 Å². The lowest BCUT2D eigenvalue weighted by Crippen LogP contribution is -2.38. The highest BCUT2D eigenvalue weighted by molar-refractivity contribution is 6.16. The van der Waals surface area contributed by atoms with Gasteiger partial charge in [-0.15, -0.1) is 0 Å². The van der Waals surface area contributed by atoms with Gasteiger partial charge in [-0.1, -0.05) is 32.0 Å². The van der Waals surface area contributed by atoms with E-state index < -0.39 is 23.5 Å². The molecule has 37 heavy (non-hydrogen) atoms. The van der Waals surface area contributed by atoms with E-state index in [0.717, 1.165) is 18.5 Å². The zero-order valence-electron chi connectivity index (χ0n) is 21.7. The summed E-state index contributed by atoms with van der Waals surface area (Å²) in [4.78, 5) is 30.8. The van der Waals surface area contributed by atoms with Crippen LogP contribution in [0.5, 0.6) is 17.2 Å². The number of fused-ring (bicyclic) bond motifs is 1. The van der Waals surface area contributed by atoms with Gasteiger partial charge in [-0.05, 0) is 42.9 Å². The Labute approximate surface area is 215 Å². The smallest absolute Gasteiger partial charge is 0.290 e. The minimum absolute atomic E-state index is 0.0404. The van der Waals surface area contributed by atoms with Crippen LogP contribution in [0.2, 0.25) is 0 Å². The number of furan rings is 1. The average Bonchev–Trinajstić information content (AvgIpc) is 3.47. The van der Waals surface area contributed by atoms with Crippen LogP contribution in [-0.4, -0.2) is 74.1 Å². The van der Waals surface area contributed by atoms with Gasteiger partial charge in [-0.2, -0.15) is 0 Å². The maximum absolute atomic E-state index is 13.8. The van der Waals surface area contributed by atoms with Crippen LogP contribution in [0.3, 0.4) is 0 Å². The quantitative estimate of drug-likeness (QED) is 0.381. The van der Waals surface area contributed by atoms with E-state index >= 15 is 0 Å². The Bertz CT molecular complexity index is 1280. The molecular formula is C28H32N2O7. The number of para-hydroxylation sites is 1. The molecule has 9 nitrogen and oxygen atoms in total. The lowest BCUT2D eigenvalue weighted by atomic mass is 9.94. The van der Waals surface area contributed by atoms with Gasteiger partial charge in [0.2, 0.25) is 11.5 Å². The fourth-order valence-corrected chi connectivity index (χ4v) is 4.74. The summed E-state index contributed by atoms with van der Waals surface area (Å²) in [5, 5.41) is 11.8. The zero-order chi connectivity index (χ0) is 26.7. The van der Waals surface area contributed by atoms with Gasteiger partial charge in [0.15, 0.2) is 23.0 Å². The number of Topliss-reactive ketones (excluding diaryl/α,β-unsaturated/α-hetero) is 1. The molecule has 9 heteroatoms. The molecule has 1 atom stereocenters. The number of nitrogens with zero attached hydrogens (tertiary/aromatic N) is 2. The summed E-state index contributed by atoms with van der Waals surface area (Å²) in [6, 6.07) is 11.3. The number of hydrogen-bond acceptors (Lipinski definition) is 8. The zero-order valence-corrected chi connectivity index (χ0v) is 21.7. The van der Waals surface area contributed by atoms with Crippen molar-refractivity contribution in [2.75, 3.05) is 47.5 Å². The molecule has 0 saturated heterocycles. The summed E-state index contributed by atoms with van der Waals surface area (Å²) in [5.41, 5.74) is 1.02. The van der Waals surface area contributed by atoms with Crippen LogP contribution in [0, 0.1) is 0 Å². The molecule has 2 aromatic carbocycles. The first-order valence-corrected chi connectivity index (χ1v) is 12.2. The molecule has 0 spiro atoms. The summed E-state index contributed by atoms with van der Waals surface area (Å²) in [6.45, 7) is 6.55. The molecule has 1 amide bonds. The van der Waals surface area contributed by atoms with Gasteiger partial charge in [0.1, 0.15) is 5.58 Å². The SMILES string of the molecule is CCN(CC)CCN1C(=O)C(O)=C(C(=O)c2cc3ccccc3o2)[C@H]1c1cc(OC)c(OC)c(OC)c1. The van der Waals surface area contributed by atoms with E-state index in [1.165, 1.54) is 26.2 Å². The van der Waals surface area contributed by atoms with Crippen molar-refractivity contribution in [1.29, 1.82) is 0 Å². The summed E-state index contributed by atoms with van der Waals surface area (Å²) >= 11 is 0. The lowest BCUT2D eigenvalue weighted by Gasteiger charge is -2.30. The summed E-state index contributed by atoms with van der Waals surface area (Å²) in [6.07, 6.45) is 0. The van der Waals surface area contributed by atoms with Gasteiger partial charge in [-0.25, -0.2) is 0 Å². The van der Waals surface area contributed by atoms with Crippen molar-refractivity contribution in [2.45, 2.75) is 19.9 Å². The van der Waals surface area contributed by atoms with Gasteiger partial charge in [0.05, 0.1) is 32.9 Å². The minimum atomic E-state index is -0.891. The molecule has 2 heterocycles. The van der Waals surface area contributed by atoms with Gasteiger partial charge < -0.3 is 33.5 Å². The second-order valence-electron chi connectivity index (χ2n) is 8.63. The van der Waals surface area contributed by atoms with Gasteiger partial charge in [-0.3, -0.25) is 9.59 Å². The highest BCUT2D eigenvalue weighted by atomic mass is 16.5. The first-order chi connectivity index (χ1) is 17.9. The largest absolute Gasteiger partial charge is 0.503 e. The molecule has 0 aliphatic carbocycles. The normalized spacial score (nSPS) is 15.7. The van der Waals surface area contributed by atoms with E-state index in [9.17, 15) is 14.7 Å². The molecule has 0 radical (unpaired) electrons. The molecule has 3 aromatic rings. The monoisotopic (exact) mass is 508 g/mol. The van der Waals surface area contributed by atoms with E-state index in [0.29, 0.717) is 41.5 Å². The molecule has 1 N–H and O–H groups in total. The highest BCUT2D eigenvalue weighted by Crippen LogP contribution is 2.45. The van der Waals surface area contributed by atoms with Crippen LogP contribution >= 0.6 is 0 Å². The first-order valence-electron chi connectivity index (χ1n) is 12.2.